The SMILES string of the molecule is Cc1ccc(NC(C)c2ccc3ccccc3c2)cc1Cl. The summed E-state index contributed by atoms with van der Waals surface area (Å²) in [6.45, 7) is 4.18. The fourth-order valence-electron chi connectivity index (χ4n) is 2.49. The normalized spacial score (nSPS) is 12.3. The smallest absolute Gasteiger partial charge is 0.0485 e. The molecule has 3 aromatic carbocycles. The van der Waals surface area contributed by atoms with Crippen molar-refractivity contribution in [1.29, 1.82) is 0 Å². The first-order chi connectivity index (χ1) is 10.1. The Balaban J connectivity index is 1.85. The Labute approximate surface area is 130 Å². The molecule has 0 amide bonds. The van der Waals surface area contributed by atoms with E-state index < -0.39 is 0 Å². The van der Waals surface area contributed by atoms with Crippen molar-refractivity contribution in [2.24, 2.45) is 0 Å². The molecule has 0 aliphatic heterocycles. The minimum Gasteiger partial charge on any atom is -0.378 e. The quantitative estimate of drug-likeness (QED) is 0.627. The van der Waals surface area contributed by atoms with Crippen molar-refractivity contribution < 1.29 is 0 Å². The second kappa shape index (κ2) is 5.79. The van der Waals surface area contributed by atoms with Gasteiger partial charge in [0.2, 0.25) is 0 Å². The van der Waals surface area contributed by atoms with Crippen molar-refractivity contribution in [3.05, 3.63) is 76.8 Å². The second-order valence-corrected chi connectivity index (χ2v) is 5.84. The van der Waals surface area contributed by atoms with Gasteiger partial charge in [-0.2, -0.15) is 0 Å². The fraction of sp³-hybridized carbons (Fsp3) is 0.158. The number of hydrogen-bond donors (Lipinski definition) is 1. The monoisotopic (exact) mass is 295 g/mol. The van der Waals surface area contributed by atoms with Crippen LogP contribution >= 0.6 is 11.6 Å². The molecule has 0 aliphatic carbocycles. The predicted octanol–water partition coefficient (Wildman–Crippen LogP) is 5.97. The van der Waals surface area contributed by atoms with Gasteiger partial charge >= 0.3 is 0 Å². The highest BCUT2D eigenvalue weighted by Crippen LogP contribution is 2.26. The van der Waals surface area contributed by atoms with Crippen LogP contribution in [0.2, 0.25) is 5.02 Å². The van der Waals surface area contributed by atoms with Gasteiger partial charge in [0.25, 0.3) is 0 Å². The van der Waals surface area contributed by atoms with Crippen LogP contribution < -0.4 is 5.32 Å². The number of halogens is 1. The zero-order chi connectivity index (χ0) is 14.8. The van der Waals surface area contributed by atoms with E-state index in [1.807, 2.05) is 19.1 Å². The lowest BCUT2D eigenvalue weighted by Crippen LogP contribution is -2.06. The average Bonchev–Trinajstić information content (AvgIpc) is 2.50. The van der Waals surface area contributed by atoms with Crippen LogP contribution in [0.15, 0.2) is 60.7 Å². The van der Waals surface area contributed by atoms with Gasteiger partial charge in [0.1, 0.15) is 0 Å². The van der Waals surface area contributed by atoms with E-state index >= 15 is 0 Å². The Hall–Kier alpha value is -1.99. The van der Waals surface area contributed by atoms with Gasteiger partial charge in [-0.1, -0.05) is 54.1 Å². The molecule has 1 nitrogen and oxygen atoms in total. The third-order valence-corrected chi connectivity index (χ3v) is 4.24. The van der Waals surface area contributed by atoms with Crippen molar-refractivity contribution in [3.63, 3.8) is 0 Å². The minimum absolute atomic E-state index is 0.230. The molecule has 3 rings (SSSR count). The Morgan fingerprint density at radius 2 is 1.67 bits per heavy atom. The van der Waals surface area contributed by atoms with Gasteiger partial charge in [0.15, 0.2) is 0 Å². The van der Waals surface area contributed by atoms with Crippen LogP contribution in [0, 0.1) is 6.92 Å². The lowest BCUT2D eigenvalue weighted by molar-refractivity contribution is 0.887. The number of fused-ring (bicyclic) bond motifs is 1. The molecule has 1 unspecified atom stereocenters. The van der Waals surface area contributed by atoms with Crippen LogP contribution in [0.1, 0.15) is 24.1 Å². The molecule has 0 heterocycles. The van der Waals surface area contributed by atoms with Gasteiger partial charge < -0.3 is 5.32 Å². The van der Waals surface area contributed by atoms with Crippen LogP contribution in [0.5, 0.6) is 0 Å². The van der Waals surface area contributed by atoms with E-state index in [2.05, 4.69) is 60.8 Å². The van der Waals surface area contributed by atoms with Crippen molar-refractivity contribution in [2.45, 2.75) is 19.9 Å². The van der Waals surface area contributed by atoms with Crippen LogP contribution in [0.25, 0.3) is 10.8 Å². The van der Waals surface area contributed by atoms with Gasteiger partial charge in [0, 0.05) is 16.8 Å². The van der Waals surface area contributed by atoms with Crippen molar-refractivity contribution in [1.82, 2.24) is 0 Å². The number of nitrogens with one attached hydrogen (secondary N) is 1. The van der Waals surface area contributed by atoms with E-state index in [9.17, 15) is 0 Å². The van der Waals surface area contributed by atoms with Gasteiger partial charge in [-0.25, -0.2) is 0 Å². The maximum atomic E-state index is 6.18. The Morgan fingerprint density at radius 3 is 2.43 bits per heavy atom. The van der Waals surface area contributed by atoms with Crippen LogP contribution in [0.3, 0.4) is 0 Å². The van der Waals surface area contributed by atoms with E-state index in [1.165, 1.54) is 16.3 Å². The minimum atomic E-state index is 0.230. The molecule has 3 aromatic rings. The van der Waals surface area contributed by atoms with E-state index in [-0.39, 0.29) is 6.04 Å². The maximum absolute atomic E-state index is 6.18. The molecule has 0 aliphatic rings. The largest absolute Gasteiger partial charge is 0.378 e. The second-order valence-electron chi connectivity index (χ2n) is 5.44. The van der Waals surface area contributed by atoms with Gasteiger partial charge in [-0.3, -0.25) is 0 Å². The summed E-state index contributed by atoms with van der Waals surface area (Å²) in [4.78, 5) is 0. The molecule has 0 radical (unpaired) electrons. The summed E-state index contributed by atoms with van der Waals surface area (Å²) in [5, 5.41) is 6.84. The summed E-state index contributed by atoms with van der Waals surface area (Å²) in [5.74, 6) is 0. The summed E-state index contributed by atoms with van der Waals surface area (Å²) in [6, 6.07) is 21.3. The van der Waals surface area contributed by atoms with Crippen molar-refractivity contribution in [3.8, 4) is 0 Å². The third-order valence-electron chi connectivity index (χ3n) is 3.83. The molecule has 0 fully saturated rings. The number of benzene rings is 3. The number of aryl methyl sites for hydroxylation is 1. The third kappa shape index (κ3) is 3.03. The summed E-state index contributed by atoms with van der Waals surface area (Å²) in [5.41, 5.74) is 3.41. The van der Waals surface area contributed by atoms with Gasteiger partial charge in [0.05, 0.1) is 0 Å². The van der Waals surface area contributed by atoms with Crippen LogP contribution in [0.4, 0.5) is 5.69 Å². The molecular weight excluding hydrogens is 278 g/mol. The van der Waals surface area contributed by atoms with Crippen molar-refractivity contribution in [2.75, 3.05) is 5.32 Å². The molecular formula is C19H18ClN. The van der Waals surface area contributed by atoms with E-state index in [4.69, 9.17) is 11.6 Å². The summed E-state index contributed by atoms with van der Waals surface area (Å²) < 4.78 is 0. The zero-order valence-electron chi connectivity index (χ0n) is 12.2. The van der Waals surface area contributed by atoms with Gasteiger partial charge in [-0.05, 0) is 53.9 Å². The first-order valence-electron chi connectivity index (χ1n) is 7.15. The molecule has 21 heavy (non-hydrogen) atoms. The molecule has 1 N–H and O–H groups in total. The topological polar surface area (TPSA) is 12.0 Å². The van der Waals surface area contributed by atoms with E-state index in [0.29, 0.717) is 0 Å². The highest BCUT2D eigenvalue weighted by molar-refractivity contribution is 6.31. The molecule has 0 spiro atoms. The summed E-state index contributed by atoms with van der Waals surface area (Å²) in [7, 11) is 0. The lowest BCUT2D eigenvalue weighted by atomic mass is 10.0. The number of anilines is 1. The summed E-state index contributed by atoms with van der Waals surface area (Å²) in [6.07, 6.45) is 0. The molecule has 0 saturated carbocycles. The Bertz CT molecular complexity index is 779. The Kier molecular flexibility index (Phi) is 3.85. The highest BCUT2D eigenvalue weighted by Gasteiger charge is 2.07. The summed E-state index contributed by atoms with van der Waals surface area (Å²) >= 11 is 6.18. The Morgan fingerprint density at radius 1 is 0.905 bits per heavy atom. The van der Waals surface area contributed by atoms with Crippen LogP contribution in [-0.4, -0.2) is 0 Å². The molecule has 0 aromatic heterocycles. The maximum Gasteiger partial charge on any atom is 0.0485 e. The highest BCUT2D eigenvalue weighted by atomic mass is 35.5. The lowest BCUT2D eigenvalue weighted by Gasteiger charge is -2.17. The number of hydrogen-bond acceptors (Lipinski definition) is 1. The van der Waals surface area contributed by atoms with E-state index in [0.717, 1.165) is 16.3 Å². The average molecular weight is 296 g/mol. The molecule has 1 atom stereocenters. The van der Waals surface area contributed by atoms with Crippen molar-refractivity contribution >= 4 is 28.1 Å². The molecule has 106 valence electrons. The number of rotatable bonds is 3. The fourth-order valence-corrected chi connectivity index (χ4v) is 2.67. The first kappa shape index (κ1) is 14.0. The molecule has 0 saturated heterocycles. The molecule has 0 bridgehead atoms. The van der Waals surface area contributed by atoms with Gasteiger partial charge in [-0.15, -0.1) is 0 Å². The molecule has 2 heteroatoms. The first-order valence-corrected chi connectivity index (χ1v) is 7.53. The van der Waals surface area contributed by atoms with E-state index in [1.54, 1.807) is 0 Å². The standard InChI is InChI=1S/C19H18ClN/c1-13-7-10-18(12-19(13)20)21-14(2)16-9-8-15-5-3-4-6-17(15)11-16/h3-12,14,21H,1-2H3. The van der Waals surface area contributed by atoms with Crippen LogP contribution in [-0.2, 0) is 0 Å². The zero-order valence-corrected chi connectivity index (χ0v) is 13.0. The predicted molar refractivity (Wildman–Crippen MR) is 92.2 cm³/mol.